The van der Waals surface area contributed by atoms with Crippen LogP contribution in [0.2, 0.25) is 0 Å². The number of oxime groups is 1. The second kappa shape index (κ2) is 10.3. The average molecular weight is 456 g/mol. The smallest absolute Gasteiger partial charge is 0.358 e. The Morgan fingerprint density at radius 3 is 2.56 bits per heavy atom. The minimum atomic E-state index is -1.16. The van der Waals surface area contributed by atoms with Crippen molar-refractivity contribution in [1.29, 1.82) is 0 Å². The summed E-state index contributed by atoms with van der Waals surface area (Å²) in [6.45, 7) is 6.66. The Kier molecular flexibility index (Phi) is 7.53. The minimum Gasteiger partial charge on any atom is -0.484 e. The average Bonchev–Trinajstić information content (AvgIpc) is 3.22. The van der Waals surface area contributed by atoms with Gasteiger partial charge in [-0.1, -0.05) is 68.0 Å². The summed E-state index contributed by atoms with van der Waals surface area (Å²) in [7, 11) is 1.31. The summed E-state index contributed by atoms with van der Waals surface area (Å²) in [6, 6.07) is 15.0. The first-order valence-corrected chi connectivity index (χ1v) is 10.9. The van der Waals surface area contributed by atoms with Crippen LogP contribution >= 0.6 is 11.8 Å². The lowest BCUT2D eigenvalue weighted by Crippen LogP contribution is -2.15. The molecule has 1 aromatic heterocycles. The number of aromatic nitrogens is 2. The molecule has 168 valence electrons. The number of carboxylic acids is 1. The van der Waals surface area contributed by atoms with Crippen LogP contribution in [0, 0.1) is 0 Å². The predicted octanol–water partition coefficient (Wildman–Crippen LogP) is 4.67. The summed E-state index contributed by atoms with van der Waals surface area (Å²) < 4.78 is 11.4. The number of benzene rings is 2. The van der Waals surface area contributed by atoms with Gasteiger partial charge in [-0.3, -0.25) is 0 Å². The maximum absolute atomic E-state index is 11.3. The Balaban J connectivity index is 1.56. The van der Waals surface area contributed by atoms with Crippen LogP contribution in [0.25, 0.3) is 0 Å². The number of hydrogen-bond donors (Lipinski definition) is 1. The van der Waals surface area contributed by atoms with Gasteiger partial charge in [0.05, 0.1) is 0 Å². The van der Waals surface area contributed by atoms with E-state index in [1.165, 1.54) is 24.4 Å². The van der Waals surface area contributed by atoms with Crippen molar-refractivity contribution in [3.05, 3.63) is 71.1 Å². The van der Waals surface area contributed by atoms with Crippen molar-refractivity contribution in [3.63, 3.8) is 0 Å². The van der Waals surface area contributed by atoms with Gasteiger partial charge in [0, 0.05) is 11.3 Å². The number of ether oxygens (including phenoxy) is 1. The molecule has 0 saturated heterocycles. The third-order valence-electron chi connectivity index (χ3n) is 4.48. The zero-order valence-corrected chi connectivity index (χ0v) is 19.2. The van der Waals surface area contributed by atoms with Crippen LogP contribution in [0.5, 0.6) is 5.75 Å². The zero-order valence-electron chi connectivity index (χ0n) is 18.4. The van der Waals surface area contributed by atoms with Crippen molar-refractivity contribution >= 4 is 23.4 Å². The Morgan fingerprint density at radius 1 is 1.16 bits per heavy atom. The number of carboxylic acid groups (broad SMARTS) is 1. The maximum Gasteiger partial charge on any atom is 0.358 e. The van der Waals surface area contributed by atoms with Crippen molar-refractivity contribution in [2.45, 2.75) is 43.8 Å². The lowest BCUT2D eigenvalue weighted by Gasteiger charge is -2.19. The fourth-order valence-electron chi connectivity index (χ4n) is 2.81. The zero-order chi connectivity index (χ0) is 23.1. The molecule has 0 aliphatic heterocycles. The van der Waals surface area contributed by atoms with Gasteiger partial charge < -0.3 is 19.1 Å². The van der Waals surface area contributed by atoms with Crippen molar-refractivity contribution in [2.24, 2.45) is 5.16 Å². The van der Waals surface area contributed by atoms with Crippen LogP contribution < -0.4 is 4.74 Å². The summed E-state index contributed by atoms with van der Waals surface area (Å²) in [5.41, 5.74) is 2.49. The van der Waals surface area contributed by atoms with Crippen LogP contribution in [-0.4, -0.2) is 34.1 Å². The molecule has 0 amide bonds. The number of aliphatic carboxylic acids is 1. The first-order chi connectivity index (χ1) is 15.3. The quantitative estimate of drug-likeness (QED) is 0.282. The molecule has 0 unspecified atom stereocenters. The van der Waals surface area contributed by atoms with Gasteiger partial charge in [0.15, 0.2) is 12.3 Å². The van der Waals surface area contributed by atoms with Crippen molar-refractivity contribution in [2.75, 3.05) is 7.11 Å². The molecule has 3 rings (SSSR count). The largest absolute Gasteiger partial charge is 0.484 e. The number of thioether (sulfide) groups is 1. The Labute approximate surface area is 190 Å². The van der Waals surface area contributed by atoms with E-state index in [0.29, 0.717) is 22.4 Å². The highest BCUT2D eigenvalue weighted by atomic mass is 32.2. The molecule has 0 bridgehead atoms. The van der Waals surface area contributed by atoms with Crippen LogP contribution in [0.15, 0.2) is 63.3 Å². The standard InChI is InChI=1S/C23H25N3O5S/c1-23(2,3)17-8-10-18(11-9-17)30-13-19-24-25-22(31-19)32-14-15-6-5-7-16(12-15)20(21(27)28)26-29-4/h5-12H,13-14H2,1-4H3,(H,27,28). The van der Waals surface area contributed by atoms with Gasteiger partial charge in [-0.2, -0.15) is 0 Å². The van der Waals surface area contributed by atoms with E-state index in [4.69, 9.17) is 9.15 Å². The molecule has 9 heteroatoms. The van der Waals surface area contributed by atoms with E-state index in [1.54, 1.807) is 18.2 Å². The molecule has 32 heavy (non-hydrogen) atoms. The van der Waals surface area contributed by atoms with Crippen LogP contribution in [0.3, 0.4) is 0 Å². The van der Waals surface area contributed by atoms with Crippen LogP contribution in [0.4, 0.5) is 0 Å². The molecule has 0 aliphatic rings. The molecule has 2 aromatic carbocycles. The Bertz CT molecular complexity index is 1090. The summed E-state index contributed by atoms with van der Waals surface area (Å²) in [5, 5.41) is 21.3. The molecule has 0 saturated carbocycles. The third-order valence-corrected chi connectivity index (χ3v) is 5.37. The van der Waals surface area contributed by atoms with Gasteiger partial charge >= 0.3 is 5.97 Å². The van der Waals surface area contributed by atoms with Gasteiger partial charge in [-0.15, -0.1) is 10.2 Å². The topological polar surface area (TPSA) is 107 Å². The molecule has 0 spiro atoms. The van der Waals surface area contributed by atoms with E-state index < -0.39 is 5.97 Å². The van der Waals surface area contributed by atoms with Gasteiger partial charge in [-0.05, 0) is 34.7 Å². The summed E-state index contributed by atoms with van der Waals surface area (Å²) >= 11 is 1.35. The molecule has 0 atom stereocenters. The van der Waals surface area contributed by atoms with Gasteiger partial charge in [0.25, 0.3) is 11.1 Å². The van der Waals surface area contributed by atoms with Crippen molar-refractivity contribution in [3.8, 4) is 5.75 Å². The monoisotopic (exact) mass is 455 g/mol. The number of carbonyl (C=O) groups is 1. The van der Waals surface area contributed by atoms with E-state index in [-0.39, 0.29) is 17.7 Å². The summed E-state index contributed by atoms with van der Waals surface area (Å²) in [5.74, 6) is 0.465. The van der Waals surface area contributed by atoms with Gasteiger partial charge in [0.1, 0.15) is 12.9 Å². The maximum atomic E-state index is 11.3. The summed E-state index contributed by atoms with van der Waals surface area (Å²) in [6.07, 6.45) is 0. The number of rotatable bonds is 9. The third kappa shape index (κ3) is 6.34. The lowest BCUT2D eigenvalue weighted by atomic mass is 9.87. The first kappa shape index (κ1) is 23.3. The predicted molar refractivity (Wildman–Crippen MR) is 121 cm³/mol. The molecule has 3 aromatic rings. The van der Waals surface area contributed by atoms with Crippen molar-refractivity contribution < 1.29 is 23.9 Å². The SMILES string of the molecule is CON=C(C(=O)O)c1cccc(CSc2nnc(COc3ccc(C(C)(C)C)cc3)o2)c1. The van der Waals surface area contributed by atoms with Crippen LogP contribution in [-0.2, 0) is 27.4 Å². The van der Waals surface area contributed by atoms with Crippen LogP contribution in [0.1, 0.15) is 43.4 Å². The Hall–Kier alpha value is -3.33. The van der Waals surface area contributed by atoms with Gasteiger partial charge in [-0.25, -0.2) is 4.79 Å². The first-order valence-electron chi connectivity index (χ1n) is 9.88. The van der Waals surface area contributed by atoms with Gasteiger partial charge in [0.2, 0.25) is 0 Å². The lowest BCUT2D eigenvalue weighted by molar-refractivity contribution is -0.129. The second-order valence-corrected chi connectivity index (χ2v) is 8.87. The van der Waals surface area contributed by atoms with E-state index in [0.717, 1.165) is 11.3 Å². The van der Waals surface area contributed by atoms with E-state index in [9.17, 15) is 9.90 Å². The van der Waals surface area contributed by atoms with E-state index >= 15 is 0 Å². The number of hydrogen-bond acceptors (Lipinski definition) is 8. The number of nitrogens with zero attached hydrogens (tertiary/aromatic N) is 3. The van der Waals surface area contributed by atoms with Crippen molar-refractivity contribution in [1.82, 2.24) is 10.2 Å². The molecule has 0 radical (unpaired) electrons. The molecule has 1 N–H and O–H groups in total. The molecule has 1 heterocycles. The molecule has 0 aliphatic carbocycles. The fourth-order valence-corrected chi connectivity index (χ4v) is 3.53. The fraction of sp³-hybridized carbons (Fsp3) is 0.304. The second-order valence-electron chi connectivity index (χ2n) is 7.94. The molecule has 0 fully saturated rings. The minimum absolute atomic E-state index is 0.0857. The highest BCUT2D eigenvalue weighted by Gasteiger charge is 2.15. The molecular weight excluding hydrogens is 430 g/mol. The molecular formula is C23H25N3O5S. The van der Waals surface area contributed by atoms with E-state index in [2.05, 4.69) is 41.0 Å². The summed E-state index contributed by atoms with van der Waals surface area (Å²) in [4.78, 5) is 16.0. The van der Waals surface area contributed by atoms with E-state index in [1.807, 2.05) is 30.3 Å². The highest BCUT2D eigenvalue weighted by Crippen LogP contribution is 2.25. The molecule has 8 nitrogen and oxygen atoms in total. The normalized spacial score (nSPS) is 11.9. The Morgan fingerprint density at radius 2 is 1.91 bits per heavy atom. The highest BCUT2D eigenvalue weighted by molar-refractivity contribution is 7.98.